The van der Waals surface area contributed by atoms with Gasteiger partial charge in [-0.1, -0.05) is 6.58 Å². The van der Waals surface area contributed by atoms with Gasteiger partial charge in [-0.05, 0) is 20.8 Å². The summed E-state index contributed by atoms with van der Waals surface area (Å²) >= 11 is 0. The van der Waals surface area contributed by atoms with Gasteiger partial charge in [0, 0.05) is 6.54 Å². The Balaban J connectivity index is 3.10. The summed E-state index contributed by atoms with van der Waals surface area (Å²) in [5, 5.41) is 2.62. The molecule has 0 atom stereocenters. The number of ether oxygens (including phenoxy) is 9. The fourth-order valence-corrected chi connectivity index (χ4v) is 2.15. The van der Waals surface area contributed by atoms with Gasteiger partial charge in [0.1, 0.15) is 12.2 Å². The van der Waals surface area contributed by atoms with Crippen molar-refractivity contribution in [2.45, 2.75) is 26.4 Å². The van der Waals surface area contributed by atoms with Crippen molar-refractivity contribution < 1.29 is 47.4 Å². The Morgan fingerprint density at radius 2 is 0.941 bits per heavy atom. The SMILES string of the molecule is C=COCCOCCOCCOCCOCCOCCOCCOCCNC(=O)OC(C)(C)C. The molecule has 0 aliphatic rings. The number of carbonyl (C=O) groups excluding carboxylic acids is 1. The van der Waals surface area contributed by atoms with Crippen LogP contribution in [-0.4, -0.2) is 117 Å². The maximum Gasteiger partial charge on any atom is 0.407 e. The fourth-order valence-electron chi connectivity index (χ4n) is 2.15. The third kappa shape index (κ3) is 28.6. The predicted octanol–water partition coefficient (Wildman–Crippen LogP) is 1.79. The van der Waals surface area contributed by atoms with Crippen molar-refractivity contribution in [1.29, 1.82) is 0 Å². The first kappa shape index (κ1) is 32.5. The van der Waals surface area contributed by atoms with E-state index in [0.717, 1.165) is 0 Å². The normalized spacial score (nSPS) is 11.4. The Morgan fingerprint density at radius 1 is 0.618 bits per heavy atom. The van der Waals surface area contributed by atoms with Crippen molar-refractivity contribution in [2.75, 3.05) is 106 Å². The van der Waals surface area contributed by atoms with E-state index in [1.807, 2.05) is 20.8 Å². The summed E-state index contributed by atoms with van der Waals surface area (Å²) in [6, 6.07) is 0. The van der Waals surface area contributed by atoms with Gasteiger partial charge in [-0.2, -0.15) is 0 Å². The molecule has 0 bridgehead atoms. The molecule has 202 valence electrons. The largest absolute Gasteiger partial charge is 0.499 e. The zero-order valence-electron chi connectivity index (χ0n) is 21.2. The zero-order valence-corrected chi connectivity index (χ0v) is 21.2. The van der Waals surface area contributed by atoms with E-state index >= 15 is 0 Å². The Kier molecular flexibility index (Phi) is 23.6. The van der Waals surface area contributed by atoms with Crippen LogP contribution in [0, 0.1) is 0 Å². The summed E-state index contributed by atoms with van der Waals surface area (Å²) in [6.07, 6.45) is 0.943. The average molecular weight is 496 g/mol. The van der Waals surface area contributed by atoms with Gasteiger partial charge in [0.05, 0.1) is 98.8 Å². The van der Waals surface area contributed by atoms with Gasteiger partial charge in [-0.3, -0.25) is 0 Å². The van der Waals surface area contributed by atoms with Gasteiger partial charge in [-0.15, -0.1) is 0 Å². The van der Waals surface area contributed by atoms with Crippen LogP contribution in [-0.2, 0) is 42.6 Å². The van der Waals surface area contributed by atoms with E-state index in [0.29, 0.717) is 106 Å². The minimum Gasteiger partial charge on any atom is -0.499 e. The van der Waals surface area contributed by atoms with Crippen molar-refractivity contribution in [3.8, 4) is 0 Å². The molecule has 11 nitrogen and oxygen atoms in total. The van der Waals surface area contributed by atoms with Crippen molar-refractivity contribution in [3.63, 3.8) is 0 Å². The van der Waals surface area contributed by atoms with Gasteiger partial charge in [-0.25, -0.2) is 4.79 Å². The van der Waals surface area contributed by atoms with Gasteiger partial charge >= 0.3 is 6.09 Å². The van der Waals surface area contributed by atoms with Crippen LogP contribution in [0.2, 0.25) is 0 Å². The summed E-state index contributed by atoms with van der Waals surface area (Å²) in [6.45, 7) is 16.7. The molecule has 0 radical (unpaired) electrons. The highest BCUT2D eigenvalue weighted by molar-refractivity contribution is 5.67. The quantitative estimate of drug-likeness (QED) is 0.149. The second-order valence-corrected chi connectivity index (χ2v) is 7.75. The zero-order chi connectivity index (χ0) is 25.2. The molecule has 0 unspecified atom stereocenters. The highest BCUT2D eigenvalue weighted by Gasteiger charge is 2.15. The molecule has 0 aromatic carbocycles. The summed E-state index contributed by atoms with van der Waals surface area (Å²) < 4.78 is 47.7. The highest BCUT2D eigenvalue weighted by atomic mass is 16.6. The number of rotatable bonds is 25. The average Bonchev–Trinajstić information content (AvgIpc) is 2.78. The van der Waals surface area contributed by atoms with Gasteiger partial charge in [0.25, 0.3) is 0 Å². The fraction of sp³-hybridized carbons (Fsp3) is 0.870. The molecule has 0 saturated heterocycles. The van der Waals surface area contributed by atoms with Crippen molar-refractivity contribution in [1.82, 2.24) is 5.32 Å². The van der Waals surface area contributed by atoms with Crippen molar-refractivity contribution >= 4 is 6.09 Å². The number of hydrogen-bond donors (Lipinski definition) is 1. The Bertz CT molecular complexity index is 460. The molecule has 1 N–H and O–H groups in total. The van der Waals surface area contributed by atoms with Gasteiger partial charge < -0.3 is 47.9 Å². The van der Waals surface area contributed by atoms with E-state index in [2.05, 4.69) is 11.9 Å². The van der Waals surface area contributed by atoms with Crippen molar-refractivity contribution in [2.24, 2.45) is 0 Å². The first-order valence-electron chi connectivity index (χ1n) is 11.7. The molecule has 0 aromatic rings. The van der Waals surface area contributed by atoms with E-state index in [4.69, 9.17) is 42.6 Å². The number of nitrogens with one attached hydrogen (secondary N) is 1. The van der Waals surface area contributed by atoms with Crippen molar-refractivity contribution in [3.05, 3.63) is 12.8 Å². The van der Waals surface area contributed by atoms with Gasteiger partial charge in [0.15, 0.2) is 0 Å². The lowest BCUT2D eigenvalue weighted by molar-refractivity contribution is -0.0216. The molecular formula is C23H45NO10. The molecular weight excluding hydrogens is 450 g/mol. The summed E-state index contributed by atoms with van der Waals surface area (Å²) in [7, 11) is 0. The minimum atomic E-state index is -0.504. The van der Waals surface area contributed by atoms with E-state index in [1.54, 1.807) is 0 Å². The smallest absolute Gasteiger partial charge is 0.407 e. The molecule has 0 saturated carbocycles. The first-order chi connectivity index (χ1) is 16.5. The third-order valence-electron chi connectivity index (χ3n) is 3.61. The lowest BCUT2D eigenvalue weighted by atomic mass is 10.2. The topological polar surface area (TPSA) is 112 Å². The lowest BCUT2D eigenvalue weighted by Gasteiger charge is -2.19. The third-order valence-corrected chi connectivity index (χ3v) is 3.61. The molecule has 11 heteroatoms. The van der Waals surface area contributed by atoms with Crippen LogP contribution in [0.25, 0.3) is 0 Å². The molecule has 0 aliphatic heterocycles. The number of amides is 1. The number of carbonyl (C=O) groups is 1. The van der Waals surface area contributed by atoms with Crippen LogP contribution in [0.3, 0.4) is 0 Å². The second-order valence-electron chi connectivity index (χ2n) is 7.75. The maximum atomic E-state index is 11.4. The summed E-state index contributed by atoms with van der Waals surface area (Å²) in [5.74, 6) is 0. The van der Waals surface area contributed by atoms with E-state index < -0.39 is 11.7 Å². The van der Waals surface area contributed by atoms with E-state index in [9.17, 15) is 4.79 Å². The summed E-state index contributed by atoms with van der Waals surface area (Å²) in [4.78, 5) is 11.4. The molecule has 0 aromatic heterocycles. The van der Waals surface area contributed by atoms with E-state index in [-0.39, 0.29) is 0 Å². The Hall–Kier alpha value is -1.47. The van der Waals surface area contributed by atoms with Gasteiger partial charge in [0.2, 0.25) is 0 Å². The van der Waals surface area contributed by atoms with Crippen LogP contribution in [0.5, 0.6) is 0 Å². The molecule has 0 fully saturated rings. The standard InChI is InChI=1S/C23H45NO10/c1-5-26-8-9-28-12-13-30-16-17-32-20-21-33-19-18-31-15-14-29-11-10-27-7-6-24-22(25)34-23(2,3)4/h5H,1,6-21H2,2-4H3,(H,24,25). The molecule has 0 rings (SSSR count). The molecule has 0 spiro atoms. The number of hydrogen-bond acceptors (Lipinski definition) is 10. The summed E-state index contributed by atoms with van der Waals surface area (Å²) in [5.41, 5.74) is -0.504. The van der Waals surface area contributed by atoms with Crippen LogP contribution in [0.1, 0.15) is 20.8 Å². The first-order valence-corrected chi connectivity index (χ1v) is 11.7. The highest BCUT2D eigenvalue weighted by Crippen LogP contribution is 2.06. The van der Waals surface area contributed by atoms with E-state index in [1.165, 1.54) is 6.26 Å². The predicted molar refractivity (Wildman–Crippen MR) is 126 cm³/mol. The molecule has 0 aliphatic carbocycles. The minimum absolute atomic E-state index is 0.389. The van der Waals surface area contributed by atoms with Crippen LogP contribution in [0.15, 0.2) is 12.8 Å². The number of alkyl carbamates (subject to hydrolysis) is 1. The maximum absolute atomic E-state index is 11.4. The Morgan fingerprint density at radius 3 is 1.26 bits per heavy atom. The lowest BCUT2D eigenvalue weighted by Crippen LogP contribution is -2.34. The molecule has 1 amide bonds. The van der Waals surface area contributed by atoms with Crippen LogP contribution >= 0.6 is 0 Å². The molecule has 34 heavy (non-hydrogen) atoms. The second kappa shape index (κ2) is 24.6. The Labute approximate surface area is 204 Å². The van der Waals surface area contributed by atoms with Crippen LogP contribution < -0.4 is 5.32 Å². The monoisotopic (exact) mass is 495 g/mol. The van der Waals surface area contributed by atoms with Crippen LogP contribution in [0.4, 0.5) is 4.79 Å². The molecule has 0 heterocycles.